The van der Waals surface area contributed by atoms with Crippen molar-refractivity contribution in [3.63, 3.8) is 0 Å². The highest BCUT2D eigenvalue weighted by molar-refractivity contribution is 5.32. The predicted octanol–water partition coefficient (Wildman–Crippen LogP) is 2.05. The Labute approximate surface area is 85.3 Å². The molecule has 0 bridgehead atoms. The fourth-order valence-corrected chi connectivity index (χ4v) is 1.35. The molecule has 0 aliphatic carbocycles. The van der Waals surface area contributed by atoms with Crippen molar-refractivity contribution in [1.29, 1.82) is 0 Å². The van der Waals surface area contributed by atoms with Crippen molar-refractivity contribution in [3.8, 4) is 5.88 Å². The van der Waals surface area contributed by atoms with Gasteiger partial charge in [-0.05, 0) is 24.5 Å². The molecule has 1 aromatic rings. The Bertz CT molecular complexity index is 310. The number of nitrogens with zero attached hydrogens (tertiary/aromatic N) is 1. The van der Waals surface area contributed by atoms with Crippen molar-refractivity contribution < 1.29 is 4.74 Å². The molecule has 1 aromatic heterocycles. The number of rotatable bonds is 3. The van der Waals surface area contributed by atoms with Crippen molar-refractivity contribution in [3.05, 3.63) is 23.4 Å². The minimum atomic E-state index is -0.0163. The van der Waals surface area contributed by atoms with E-state index in [1.54, 1.807) is 13.3 Å². The lowest BCUT2D eigenvalue weighted by Gasteiger charge is -2.18. The van der Waals surface area contributed by atoms with Gasteiger partial charge in [-0.1, -0.05) is 13.8 Å². The minimum absolute atomic E-state index is 0.0163. The van der Waals surface area contributed by atoms with Crippen molar-refractivity contribution >= 4 is 0 Å². The molecular weight excluding hydrogens is 176 g/mol. The van der Waals surface area contributed by atoms with E-state index in [1.807, 2.05) is 13.0 Å². The number of pyridine rings is 1. The summed E-state index contributed by atoms with van der Waals surface area (Å²) in [5.74, 6) is 1.02. The van der Waals surface area contributed by atoms with Crippen LogP contribution in [-0.4, -0.2) is 12.1 Å². The van der Waals surface area contributed by atoms with Crippen LogP contribution in [0.3, 0.4) is 0 Å². The maximum Gasteiger partial charge on any atom is 0.217 e. The van der Waals surface area contributed by atoms with Gasteiger partial charge in [0.05, 0.1) is 7.11 Å². The van der Waals surface area contributed by atoms with Crippen LogP contribution in [0.5, 0.6) is 5.88 Å². The van der Waals surface area contributed by atoms with Gasteiger partial charge in [0.1, 0.15) is 0 Å². The third-order valence-corrected chi connectivity index (χ3v) is 2.29. The fourth-order valence-electron chi connectivity index (χ4n) is 1.35. The van der Waals surface area contributed by atoms with Crippen molar-refractivity contribution in [1.82, 2.24) is 4.98 Å². The third-order valence-electron chi connectivity index (χ3n) is 2.29. The third kappa shape index (κ3) is 2.23. The van der Waals surface area contributed by atoms with Gasteiger partial charge in [0.2, 0.25) is 5.88 Å². The summed E-state index contributed by atoms with van der Waals surface area (Å²) in [5, 5.41) is 0. The molecule has 0 saturated carbocycles. The normalized spacial score (nSPS) is 13.0. The molecule has 1 unspecified atom stereocenters. The Morgan fingerprint density at radius 2 is 2.07 bits per heavy atom. The van der Waals surface area contributed by atoms with Crippen LogP contribution in [0.25, 0.3) is 0 Å². The van der Waals surface area contributed by atoms with Crippen molar-refractivity contribution in [2.75, 3.05) is 7.11 Å². The summed E-state index contributed by atoms with van der Waals surface area (Å²) in [4.78, 5) is 4.20. The summed E-state index contributed by atoms with van der Waals surface area (Å²) in [6, 6.07) is 2.02. The van der Waals surface area contributed by atoms with Crippen molar-refractivity contribution in [2.45, 2.75) is 26.8 Å². The maximum atomic E-state index is 6.06. The number of methoxy groups -OCH3 is 1. The second kappa shape index (κ2) is 4.42. The van der Waals surface area contributed by atoms with Gasteiger partial charge in [-0.3, -0.25) is 0 Å². The van der Waals surface area contributed by atoms with Gasteiger partial charge in [0, 0.05) is 17.8 Å². The van der Waals surface area contributed by atoms with E-state index in [2.05, 4.69) is 18.8 Å². The number of aromatic nitrogens is 1. The largest absolute Gasteiger partial charge is 0.481 e. The highest BCUT2D eigenvalue weighted by Gasteiger charge is 2.16. The van der Waals surface area contributed by atoms with E-state index in [0.29, 0.717) is 11.8 Å². The maximum absolute atomic E-state index is 6.06. The summed E-state index contributed by atoms with van der Waals surface area (Å²) in [6.45, 7) is 6.18. The van der Waals surface area contributed by atoms with Gasteiger partial charge in [-0.25, -0.2) is 4.98 Å². The molecular formula is C11H18N2O. The Balaban J connectivity index is 3.10. The lowest BCUT2D eigenvalue weighted by Crippen LogP contribution is -2.18. The molecule has 14 heavy (non-hydrogen) atoms. The van der Waals surface area contributed by atoms with Crippen LogP contribution in [0.2, 0.25) is 0 Å². The number of hydrogen-bond donors (Lipinski definition) is 1. The monoisotopic (exact) mass is 194 g/mol. The number of aryl methyl sites for hydroxylation is 1. The van der Waals surface area contributed by atoms with E-state index in [1.165, 1.54) is 0 Å². The van der Waals surface area contributed by atoms with Gasteiger partial charge < -0.3 is 10.5 Å². The molecule has 0 aliphatic rings. The molecule has 0 spiro atoms. The average molecular weight is 194 g/mol. The van der Waals surface area contributed by atoms with Crippen LogP contribution in [0.15, 0.2) is 12.3 Å². The molecule has 1 rings (SSSR count). The SMILES string of the molecule is COc1ncc(C)cc1C(N)C(C)C. The zero-order valence-corrected chi connectivity index (χ0v) is 9.24. The Hall–Kier alpha value is -1.09. The summed E-state index contributed by atoms with van der Waals surface area (Å²) in [6.07, 6.45) is 1.79. The van der Waals surface area contributed by atoms with E-state index in [4.69, 9.17) is 10.5 Å². The molecule has 2 N–H and O–H groups in total. The molecule has 3 heteroatoms. The number of nitrogens with two attached hydrogens (primary N) is 1. The smallest absolute Gasteiger partial charge is 0.217 e. The average Bonchev–Trinajstić information content (AvgIpc) is 2.16. The topological polar surface area (TPSA) is 48.1 Å². The van der Waals surface area contributed by atoms with Gasteiger partial charge in [0.15, 0.2) is 0 Å². The molecule has 0 amide bonds. The Morgan fingerprint density at radius 3 is 2.57 bits per heavy atom. The van der Waals surface area contributed by atoms with Gasteiger partial charge >= 0.3 is 0 Å². The van der Waals surface area contributed by atoms with E-state index in [-0.39, 0.29) is 6.04 Å². The quantitative estimate of drug-likeness (QED) is 0.801. The zero-order chi connectivity index (χ0) is 10.7. The van der Waals surface area contributed by atoms with Crippen LogP contribution in [0, 0.1) is 12.8 Å². The first-order valence-electron chi connectivity index (χ1n) is 4.82. The second-order valence-electron chi connectivity index (χ2n) is 3.88. The Morgan fingerprint density at radius 1 is 1.43 bits per heavy atom. The standard InChI is InChI=1S/C11H18N2O/c1-7(2)10(12)9-5-8(3)6-13-11(9)14-4/h5-7,10H,12H2,1-4H3. The van der Waals surface area contributed by atoms with Gasteiger partial charge in [-0.15, -0.1) is 0 Å². The number of hydrogen-bond acceptors (Lipinski definition) is 3. The molecule has 1 atom stereocenters. The van der Waals surface area contributed by atoms with Crippen molar-refractivity contribution in [2.24, 2.45) is 11.7 Å². The predicted molar refractivity (Wildman–Crippen MR) is 57.3 cm³/mol. The highest BCUT2D eigenvalue weighted by atomic mass is 16.5. The van der Waals surface area contributed by atoms with Gasteiger partial charge in [0.25, 0.3) is 0 Å². The van der Waals surface area contributed by atoms with Crippen LogP contribution in [-0.2, 0) is 0 Å². The zero-order valence-electron chi connectivity index (χ0n) is 9.24. The van der Waals surface area contributed by atoms with E-state index < -0.39 is 0 Å². The molecule has 0 aromatic carbocycles. The van der Waals surface area contributed by atoms with Crippen LogP contribution >= 0.6 is 0 Å². The summed E-state index contributed by atoms with van der Waals surface area (Å²) in [7, 11) is 1.62. The molecule has 0 aliphatic heterocycles. The molecule has 0 saturated heterocycles. The Kier molecular flexibility index (Phi) is 3.47. The number of ether oxygens (including phenoxy) is 1. The van der Waals surface area contributed by atoms with Crippen LogP contribution < -0.4 is 10.5 Å². The lowest BCUT2D eigenvalue weighted by atomic mass is 9.97. The fraction of sp³-hybridized carbons (Fsp3) is 0.545. The first-order chi connectivity index (χ1) is 6.56. The minimum Gasteiger partial charge on any atom is -0.481 e. The van der Waals surface area contributed by atoms with Crippen LogP contribution in [0.1, 0.15) is 31.0 Å². The molecule has 0 fully saturated rings. The molecule has 3 nitrogen and oxygen atoms in total. The van der Waals surface area contributed by atoms with E-state index in [9.17, 15) is 0 Å². The molecule has 1 heterocycles. The van der Waals surface area contributed by atoms with E-state index in [0.717, 1.165) is 11.1 Å². The second-order valence-corrected chi connectivity index (χ2v) is 3.88. The molecule has 0 radical (unpaired) electrons. The highest BCUT2D eigenvalue weighted by Crippen LogP contribution is 2.26. The molecule has 78 valence electrons. The lowest BCUT2D eigenvalue weighted by molar-refractivity contribution is 0.380. The first-order valence-corrected chi connectivity index (χ1v) is 4.82. The summed E-state index contributed by atoms with van der Waals surface area (Å²) in [5.41, 5.74) is 8.16. The first kappa shape index (κ1) is 11.0. The summed E-state index contributed by atoms with van der Waals surface area (Å²) < 4.78 is 5.18. The van der Waals surface area contributed by atoms with E-state index >= 15 is 0 Å². The van der Waals surface area contributed by atoms with Gasteiger partial charge in [-0.2, -0.15) is 0 Å². The van der Waals surface area contributed by atoms with Crippen LogP contribution in [0.4, 0.5) is 0 Å². The summed E-state index contributed by atoms with van der Waals surface area (Å²) >= 11 is 0.